The largest absolute Gasteiger partial charge is 0.496 e. The summed E-state index contributed by atoms with van der Waals surface area (Å²) < 4.78 is 15.2. The fourth-order valence-electron chi connectivity index (χ4n) is 1.42. The highest BCUT2D eigenvalue weighted by molar-refractivity contribution is 5.86. The van der Waals surface area contributed by atoms with E-state index < -0.39 is 11.9 Å². The van der Waals surface area contributed by atoms with E-state index in [1.165, 1.54) is 39.4 Å². The summed E-state index contributed by atoms with van der Waals surface area (Å²) in [5.74, 6) is -0.672. The molecule has 0 aliphatic heterocycles. The van der Waals surface area contributed by atoms with Gasteiger partial charge in [0, 0.05) is 24.6 Å². The van der Waals surface area contributed by atoms with Gasteiger partial charge >= 0.3 is 11.9 Å². The van der Waals surface area contributed by atoms with E-state index in [9.17, 15) is 9.59 Å². The lowest BCUT2D eigenvalue weighted by molar-refractivity contribution is -0.132. The quantitative estimate of drug-likeness (QED) is 0.496. The van der Waals surface area contributed by atoms with Crippen LogP contribution in [-0.4, -0.2) is 31.3 Å². The summed E-state index contributed by atoms with van der Waals surface area (Å²) in [6, 6.07) is 2.98. The van der Waals surface area contributed by atoms with Crippen molar-refractivity contribution in [1.29, 1.82) is 0 Å². The Morgan fingerprint density at radius 1 is 1.11 bits per heavy atom. The molecule has 0 aliphatic rings. The number of carboxylic acids is 1. The molecule has 0 aliphatic carbocycles. The molecule has 0 spiro atoms. The van der Waals surface area contributed by atoms with Gasteiger partial charge in [-0.15, -0.1) is 0 Å². The maximum absolute atomic E-state index is 11.0. The number of methoxy groups -OCH3 is 2. The lowest BCUT2D eigenvalue weighted by Crippen LogP contribution is -2.04. The van der Waals surface area contributed by atoms with Crippen LogP contribution in [0.3, 0.4) is 0 Å². The number of hydrogen-bond acceptors (Lipinski definition) is 5. The van der Waals surface area contributed by atoms with Crippen LogP contribution >= 0.6 is 0 Å². The van der Waals surface area contributed by atoms with E-state index in [1.54, 1.807) is 0 Å². The first kappa shape index (κ1) is 14.6. The third-order valence-electron chi connectivity index (χ3n) is 2.18. The number of carbonyl (C=O) groups is 2. The highest BCUT2D eigenvalue weighted by Gasteiger charge is 2.12. The first-order chi connectivity index (χ1) is 8.97. The Bertz CT molecular complexity index is 518. The van der Waals surface area contributed by atoms with Crippen LogP contribution in [0.1, 0.15) is 12.5 Å². The summed E-state index contributed by atoms with van der Waals surface area (Å²) in [4.78, 5) is 21.5. The van der Waals surface area contributed by atoms with Gasteiger partial charge < -0.3 is 19.3 Å². The molecule has 1 aromatic rings. The molecule has 1 rings (SSSR count). The minimum absolute atomic E-state index is 0.195. The predicted octanol–water partition coefficient (Wildman–Crippen LogP) is 1.73. The molecule has 0 heterocycles. The maximum atomic E-state index is 11.0. The number of carboxylic acid groups (broad SMARTS) is 1. The van der Waals surface area contributed by atoms with Crippen LogP contribution in [-0.2, 0) is 9.59 Å². The standard InChI is InChI=1S/C13H14O6/c1-8(14)19-12-6-9(4-5-13(15)16)10(17-2)7-11(12)18-3/h4-7H,1-3H3,(H,15,16)/b5-4+. The van der Waals surface area contributed by atoms with Crippen LogP contribution < -0.4 is 14.2 Å². The Balaban J connectivity index is 3.28. The highest BCUT2D eigenvalue weighted by Crippen LogP contribution is 2.35. The lowest BCUT2D eigenvalue weighted by atomic mass is 10.1. The smallest absolute Gasteiger partial charge is 0.328 e. The normalized spacial score (nSPS) is 10.3. The van der Waals surface area contributed by atoms with Gasteiger partial charge in [-0.1, -0.05) is 0 Å². The van der Waals surface area contributed by atoms with Gasteiger partial charge in [0.25, 0.3) is 0 Å². The lowest BCUT2D eigenvalue weighted by Gasteiger charge is -2.12. The molecule has 19 heavy (non-hydrogen) atoms. The summed E-state index contributed by atoms with van der Waals surface area (Å²) in [6.45, 7) is 1.26. The molecule has 0 aromatic heterocycles. The molecule has 0 saturated carbocycles. The van der Waals surface area contributed by atoms with Gasteiger partial charge in [-0.2, -0.15) is 0 Å². The molecule has 6 nitrogen and oxygen atoms in total. The van der Waals surface area contributed by atoms with Gasteiger partial charge in [-0.05, 0) is 12.1 Å². The maximum Gasteiger partial charge on any atom is 0.328 e. The predicted molar refractivity (Wildman–Crippen MR) is 67.5 cm³/mol. The molecule has 102 valence electrons. The minimum Gasteiger partial charge on any atom is -0.496 e. The zero-order valence-electron chi connectivity index (χ0n) is 10.8. The summed E-state index contributed by atoms with van der Waals surface area (Å²) in [5.41, 5.74) is 0.460. The van der Waals surface area contributed by atoms with Crippen molar-refractivity contribution in [3.8, 4) is 17.2 Å². The second-order valence-electron chi connectivity index (χ2n) is 3.51. The van der Waals surface area contributed by atoms with Crippen molar-refractivity contribution < 1.29 is 28.9 Å². The van der Waals surface area contributed by atoms with Gasteiger partial charge in [0.1, 0.15) is 5.75 Å². The number of rotatable bonds is 5. The van der Waals surface area contributed by atoms with Crippen molar-refractivity contribution in [2.24, 2.45) is 0 Å². The Kier molecular flexibility index (Phi) is 4.93. The summed E-state index contributed by atoms with van der Waals surface area (Å²) >= 11 is 0. The SMILES string of the molecule is COc1cc(OC)c(OC(C)=O)cc1/C=C/C(=O)O. The topological polar surface area (TPSA) is 82.1 Å². The number of esters is 1. The Morgan fingerprint density at radius 2 is 1.74 bits per heavy atom. The van der Waals surface area contributed by atoms with Crippen LogP contribution in [0, 0.1) is 0 Å². The van der Waals surface area contributed by atoms with Crippen LogP contribution in [0.5, 0.6) is 17.2 Å². The third-order valence-corrected chi connectivity index (χ3v) is 2.18. The van der Waals surface area contributed by atoms with Crippen molar-refractivity contribution in [3.05, 3.63) is 23.8 Å². The Morgan fingerprint density at radius 3 is 2.21 bits per heavy atom. The average molecular weight is 266 g/mol. The van der Waals surface area contributed by atoms with E-state index in [4.69, 9.17) is 19.3 Å². The molecule has 0 unspecified atom stereocenters. The van der Waals surface area contributed by atoms with E-state index in [-0.39, 0.29) is 5.75 Å². The molecule has 1 aromatic carbocycles. The fraction of sp³-hybridized carbons (Fsp3) is 0.231. The van der Waals surface area contributed by atoms with Crippen LogP contribution in [0.25, 0.3) is 6.08 Å². The van der Waals surface area contributed by atoms with Gasteiger partial charge in [0.2, 0.25) is 0 Å². The number of benzene rings is 1. The molecule has 0 saturated heterocycles. The molecule has 0 bridgehead atoms. The van der Waals surface area contributed by atoms with Crippen molar-refractivity contribution >= 4 is 18.0 Å². The number of carbonyl (C=O) groups excluding carboxylic acids is 1. The van der Waals surface area contributed by atoms with Crippen LogP contribution in [0.4, 0.5) is 0 Å². The number of ether oxygens (including phenoxy) is 3. The summed E-state index contributed by atoms with van der Waals surface area (Å²) in [6.07, 6.45) is 2.30. The second-order valence-corrected chi connectivity index (χ2v) is 3.51. The molecule has 0 amide bonds. The highest BCUT2D eigenvalue weighted by atomic mass is 16.6. The van der Waals surface area contributed by atoms with E-state index in [0.29, 0.717) is 17.1 Å². The Hall–Kier alpha value is -2.50. The molecule has 0 radical (unpaired) electrons. The van der Waals surface area contributed by atoms with Crippen molar-refractivity contribution in [2.75, 3.05) is 14.2 Å². The van der Waals surface area contributed by atoms with Gasteiger partial charge in [0.05, 0.1) is 14.2 Å². The van der Waals surface area contributed by atoms with E-state index in [2.05, 4.69) is 0 Å². The van der Waals surface area contributed by atoms with Gasteiger partial charge in [0.15, 0.2) is 11.5 Å². The first-order valence-electron chi connectivity index (χ1n) is 5.33. The van der Waals surface area contributed by atoms with Crippen molar-refractivity contribution in [2.45, 2.75) is 6.92 Å². The van der Waals surface area contributed by atoms with Crippen LogP contribution in [0.2, 0.25) is 0 Å². The average Bonchev–Trinajstić information content (AvgIpc) is 2.35. The monoisotopic (exact) mass is 266 g/mol. The second kappa shape index (κ2) is 6.44. The number of aliphatic carboxylic acids is 1. The van der Waals surface area contributed by atoms with Gasteiger partial charge in [-0.3, -0.25) is 4.79 Å². The molecule has 6 heteroatoms. The fourth-order valence-corrected chi connectivity index (χ4v) is 1.42. The third kappa shape index (κ3) is 4.02. The zero-order valence-corrected chi connectivity index (χ0v) is 10.8. The molecular weight excluding hydrogens is 252 g/mol. The Labute approximate surface area is 110 Å². The van der Waals surface area contributed by atoms with Crippen molar-refractivity contribution in [1.82, 2.24) is 0 Å². The molecule has 1 N–H and O–H groups in total. The molecule has 0 atom stereocenters. The minimum atomic E-state index is -1.09. The molecule has 0 fully saturated rings. The van der Waals surface area contributed by atoms with E-state index >= 15 is 0 Å². The summed E-state index contributed by atoms with van der Waals surface area (Å²) in [5, 5.41) is 8.62. The number of hydrogen-bond donors (Lipinski definition) is 1. The molecular formula is C13H14O6. The van der Waals surface area contributed by atoms with Crippen LogP contribution in [0.15, 0.2) is 18.2 Å². The van der Waals surface area contributed by atoms with E-state index in [1.807, 2.05) is 0 Å². The summed E-state index contributed by atoms with van der Waals surface area (Å²) in [7, 11) is 2.87. The first-order valence-corrected chi connectivity index (χ1v) is 5.33. The van der Waals surface area contributed by atoms with E-state index in [0.717, 1.165) is 6.08 Å². The van der Waals surface area contributed by atoms with Crippen molar-refractivity contribution in [3.63, 3.8) is 0 Å². The zero-order chi connectivity index (χ0) is 14.4. The van der Waals surface area contributed by atoms with Gasteiger partial charge in [-0.25, -0.2) is 4.79 Å².